The fourth-order valence-electron chi connectivity index (χ4n) is 3.43. The second-order valence-corrected chi connectivity index (χ2v) is 6.10. The van der Waals surface area contributed by atoms with Gasteiger partial charge in [-0.1, -0.05) is 6.07 Å². The maximum Gasteiger partial charge on any atom is 0.221 e. The Morgan fingerprint density at radius 2 is 2.05 bits per heavy atom. The third kappa shape index (κ3) is 3.04. The highest BCUT2D eigenvalue weighted by Gasteiger charge is 2.33. The molecule has 2 fully saturated rings. The first-order chi connectivity index (χ1) is 10.7. The molecule has 1 saturated heterocycles. The molecule has 1 aromatic carbocycles. The summed E-state index contributed by atoms with van der Waals surface area (Å²) in [5, 5.41) is 12.3. The lowest BCUT2D eigenvalue weighted by atomic mass is 9.92. The van der Waals surface area contributed by atoms with E-state index in [1.54, 1.807) is 7.11 Å². The van der Waals surface area contributed by atoms with Crippen molar-refractivity contribution < 1.29 is 19.4 Å². The molecule has 3 rings (SSSR count). The molecule has 1 heterocycles. The first kappa shape index (κ1) is 15.2. The summed E-state index contributed by atoms with van der Waals surface area (Å²) in [4.78, 5) is 11.6. The van der Waals surface area contributed by atoms with Gasteiger partial charge in [0, 0.05) is 12.3 Å². The zero-order valence-electron chi connectivity index (χ0n) is 12.9. The summed E-state index contributed by atoms with van der Waals surface area (Å²) in [5.41, 5.74) is 1.01. The number of methoxy groups -OCH3 is 1. The van der Waals surface area contributed by atoms with Crippen LogP contribution in [0, 0.1) is 0 Å². The number of nitrogens with one attached hydrogen (secondary N) is 1. The Hall–Kier alpha value is -1.75. The van der Waals surface area contributed by atoms with E-state index < -0.39 is 0 Å². The van der Waals surface area contributed by atoms with E-state index in [4.69, 9.17) is 9.47 Å². The third-order valence-corrected chi connectivity index (χ3v) is 4.65. The molecule has 0 radical (unpaired) electrons. The Bertz CT molecular complexity index is 539. The average Bonchev–Trinajstić information content (AvgIpc) is 3.16. The number of aliphatic hydroxyl groups excluding tert-OH is 1. The molecule has 2 aliphatic rings. The molecule has 0 aromatic heterocycles. The molecule has 5 heteroatoms. The van der Waals surface area contributed by atoms with Gasteiger partial charge >= 0.3 is 0 Å². The fourth-order valence-corrected chi connectivity index (χ4v) is 3.43. The van der Waals surface area contributed by atoms with Crippen LogP contribution in [0.2, 0.25) is 0 Å². The number of hydrogen-bond donors (Lipinski definition) is 2. The highest BCUT2D eigenvalue weighted by Crippen LogP contribution is 2.37. The molecule has 1 amide bonds. The van der Waals surface area contributed by atoms with Crippen molar-refractivity contribution in [3.63, 3.8) is 0 Å². The fraction of sp³-hybridized carbons (Fsp3) is 0.588. The number of carbonyl (C=O) groups is 1. The van der Waals surface area contributed by atoms with Gasteiger partial charge in [-0.3, -0.25) is 4.79 Å². The van der Waals surface area contributed by atoms with Crippen molar-refractivity contribution in [2.45, 2.75) is 50.2 Å². The van der Waals surface area contributed by atoms with E-state index in [0.29, 0.717) is 12.2 Å². The topological polar surface area (TPSA) is 67.8 Å². The summed E-state index contributed by atoms with van der Waals surface area (Å²) >= 11 is 0. The highest BCUT2D eigenvalue weighted by molar-refractivity contribution is 5.80. The van der Waals surface area contributed by atoms with Crippen LogP contribution >= 0.6 is 0 Å². The number of hydrogen-bond acceptors (Lipinski definition) is 4. The van der Waals surface area contributed by atoms with Crippen LogP contribution in [0.1, 0.15) is 43.6 Å². The number of benzene rings is 1. The van der Waals surface area contributed by atoms with E-state index in [2.05, 4.69) is 5.32 Å². The quantitative estimate of drug-likeness (QED) is 0.873. The Morgan fingerprint density at radius 1 is 1.27 bits per heavy atom. The first-order valence-electron chi connectivity index (χ1n) is 7.96. The predicted octanol–water partition coefficient (Wildman–Crippen LogP) is 1.98. The minimum absolute atomic E-state index is 0.0156. The van der Waals surface area contributed by atoms with Crippen LogP contribution in [-0.4, -0.2) is 36.9 Å². The van der Waals surface area contributed by atoms with E-state index in [1.807, 2.05) is 18.2 Å². The van der Waals surface area contributed by atoms with Crippen molar-refractivity contribution in [3.05, 3.63) is 23.8 Å². The molecule has 0 spiro atoms. The minimum Gasteiger partial charge on any atom is -0.493 e. The van der Waals surface area contributed by atoms with Crippen molar-refractivity contribution in [2.75, 3.05) is 13.7 Å². The normalized spacial score (nSPS) is 25.3. The van der Waals surface area contributed by atoms with Gasteiger partial charge in [-0.05, 0) is 43.4 Å². The van der Waals surface area contributed by atoms with Crippen LogP contribution in [0.3, 0.4) is 0 Å². The number of aliphatic hydroxyl groups is 1. The van der Waals surface area contributed by atoms with Gasteiger partial charge in [0.05, 0.1) is 25.9 Å². The van der Waals surface area contributed by atoms with Gasteiger partial charge in [-0.25, -0.2) is 0 Å². The number of rotatable bonds is 5. The zero-order chi connectivity index (χ0) is 15.5. The summed E-state index contributed by atoms with van der Waals surface area (Å²) in [6.45, 7) is -0.0543. The Kier molecular flexibility index (Phi) is 4.52. The van der Waals surface area contributed by atoms with E-state index in [-0.39, 0.29) is 30.6 Å². The summed E-state index contributed by atoms with van der Waals surface area (Å²) in [6.07, 6.45) is 5.23. The van der Waals surface area contributed by atoms with Crippen molar-refractivity contribution in [1.82, 2.24) is 5.32 Å². The van der Waals surface area contributed by atoms with Crippen molar-refractivity contribution in [3.8, 4) is 11.5 Å². The monoisotopic (exact) mass is 305 g/mol. The van der Waals surface area contributed by atoms with Gasteiger partial charge in [0.25, 0.3) is 0 Å². The van der Waals surface area contributed by atoms with Crippen LogP contribution in [-0.2, 0) is 4.79 Å². The average molecular weight is 305 g/mol. The lowest BCUT2D eigenvalue weighted by molar-refractivity contribution is -0.119. The largest absolute Gasteiger partial charge is 0.493 e. The third-order valence-electron chi connectivity index (χ3n) is 4.65. The van der Waals surface area contributed by atoms with Gasteiger partial charge in [-0.2, -0.15) is 0 Å². The maximum absolute atomic E-state index is 11.6. The lowest BCUT2D eigenvalue weighted by Gasteiger charge is -2.20. The Morgan fingerprint density at radius 3 is 2.73 bits per heavy atom. The van der Waals surface area contributed by atoms with Gasteiger partial charge < -0.3 is 19.9 Å². The summed E-state index contributed by atoms with van der Waals surface area (Å²) in [5.74, 6) is 1.42. The smallest absolute Gasteiger partial charge is 0.221 e. The predicted molar refractivity (Wildman–Crippen MR) is 82.3 cm³/mol. The molecule has 1 aliphatic heterocycles. The van der Waals surface area contributed by atoms with Crippen LogP contribution in [0.4, 0.5) is 0 Å². The van der Waals surface area contributed by atoms with E-state index >= 15 is 0 Å². The molecule has 1 saturated carbocycles. The molecule has 1 aromatic rings. The van der Waals surface area contributed by atoms with Crippen LogP contribution in [0.5, 0.6) is 11.5 Å². The van der Waals surface area contributed by atoms with Gasteiger partial charge in [0.1, 0.15) is 0 Å². The lowest BCUT2D eigenvalue weighted by Crippen LogP contribution is -2.31. The number of carbonyl (C=O) groups excluding carboxylic acids is 1. The molecule has 0 bridgehead atoms. The molecule has 5 nitrogen and oxygen atoms in total. The highest BCUT2D eigenvalue weighted by atomic mass is 16.5. The molecule has 22 heavy (non-hydrogen) atoms. The minimum atomic E-state index is -0.222. The van der Waals surface area contributed by atoms with Gasteiger partial charge in [-0.15, -0.1) is 0 Å². The van der Waals surface area contributed by atoms with Crippen LogP contribution in [0.25, 0.3) is 0 Å². The van der Waals surface area contributed by atoms with Crippen molar-refractivity contribution >= 4 is 5.91 Å². The summed E-state index contributed by atoms with van der Waals surface area (Å²) < 4.78 is 11.5. The van der Waals surface area contributed by atoms with Crippen molar-refractivity contribution in [2.24, 2.45) is 0 Å². The van der Waals surface area contributed by atoms with Crippen LogP contribution in [0.15, 0.2) is 18.2 Å². The summed E-state index contributed by atoms with van der Waals surface area (Å²) in [7, 11) is 1.63. The molecule has 2 atom stereocenters. The Labute approximate surface area is 130 Å². The summed E-state index contributed by atoms with van der Waals surface area (Å²) in [6, 6.07) is 5.58. The Balaban J connectivity index is 1.84. The first-order valence-corrected chi connectivity index (χ1v) is 7.96. The molecule has 1 aliphatic carbocycles. The molecular formula is C17H23NO4. The van der Waals surface area contributed by atoms with E-state index in [1.165, 1.54) is 12.8 Å². The molecule has 1 unspecified atom stereocenters. The standard InChI is InChI=1S/C17H23NO4/c1-21-15-7-6-11(13-9-17(20)18-14(13)10-19)8-16(15)22-12-4-2-3-5-12/h6-8,12-14,19H,2-5,9-10H2,1H3,(H,18,20)/t13?,14-/m0/s1. The van der Waals surface area contributed by atoms with Crippen LogP contribution < -0.4 is 14.8 Å². The van der Waals surface area contributed by atoms with Gasteiger partial charge in [0.15, 0.2) is 11.5 Å². The van der Waals surface area contributed by atoms with E-state index in [0.717, 1.165) is 24.2 Å². The van der Waals surface area contributed by atoms with E-state index in [9.17, 15) is 9.90 Å². The molecular weight excluding hydrogens is 282 g/mol. The number of amides is 1. The molecule has 120 valence electrons. The maximum atomic E-state index is 11.6. The van der Waals surface area contributed by atoms with Crippen molar-refractivity contribution in [1.29, 1.82) is 0 Å². The SMILES string of the molecule is COc1ccc(C2CC(=O)N[C@H]2CO)cc1OC1CCCC1. The second-order valence-electron chi connectivity index (χ2n) is 6.10. The molecule has 2 N–H and O–H groups in total. The zero-order valence-corrected chi connectivity index (χ0v) is 12.9. The second kappa shape index (κ2) is 6.57. The number of ether oxygens (including phenoxy) is 2. The van der Waals surface area contributed by atoms with Gasteiger partial charge in [0.2, 0.25) is 5.91 Å².